The highest BCUT2D eigenvalue weighted by atomic mass is 16.8. The molecule has 56 nitrogen and oxygen atoms in total. The van der Waals surface area contributed by atoms with E-state index in [0.29, 0.717) is 0 Å². The van der Waals surface area contributed by atoms with Gasteiger partial charge in [0.15, 0.2) is 62.9 Å². The Balaban J connectivity index is 1.05. The zero-order valence-electron chi connectivity index (χ0n) is 69.6. The molecule has 10 fully saturated rings. The van der Waals surface area contributed by atoms with Gasteiger partial charge in [-0.3, -0.25) is 28.8 Å². The lowest BCUT2D eigenvalue weighted by Gasteiger charge is -2.52. The lowest BCUT2D eigenvalue weighted by molar-refractivity contribution is -0.404. The van der Waals surface area contributed by atoms with E-state index in [1.54, 1.807) is 0 Å². The van der Waals surface area contributed by atoms with Crippen LogP contribution in [0.25, 0.3) is 0 Å². The Morgan fingerprint density at radius 1 is 0.219 bits per heavy atom. The second kappa shape index (κ2) is 46.1. The summed E-state index contributed by atoms with van der Waals surface area (Å²) in [6.07, 6.45) is -92.4. The summed E-state index contributed by atoms with van der Waals surface area (Å²) in [7, 11) is 0. The van der Waals surface area contributed by atoms with E-state index in [1.807, 2.05) is 0 Å². The Kier molecular flexibility index (Phi) is 37.8. The number of amides is 6. The fraction of sp³-hybridized carbons (Fsp3) is 0.917. The van der Waals surface area contributed by atoms with Gasteiger partial charge in [0.1, 0.15) is 238 Å². The third kappa shape index (κ3) is 23.8. The number of aliphatic hydroxyl groups excluding tert-OH is 25. The van der Waals surface area contributed by atoms with Gasteiger partial charge in [0.25, 0.3) is 0 Å². The van der Waals surface area contributed by atoms with Crippen LogP contribution in [0.1, 0.15) is 48.5 Å². The molecule has 0 aromatic rings. The van der Waals surface area contributed by atoms with Crippen LogP contribution in [0.15, 0.2) is 0 Å². The molecule has 6 amide bonds. The topological polar surface area (TPSA) is 856 Å². The molecule has 0 unspecified atom stereocenters. The summed E-state index contributed by atoms with van der Waals surface area (Å²) >= 11 is 0. The van der Waals surface area contributed by atoms with Gasteiger partial charge in [0, 0.05) is 41.5 Å². The number of rotatable bonds is 33. The van der Waals surface area contributed by atoms with Crippen molar-refractivity contribution >= 4 is 35.4 Å². The summed E-state index contributed by atoms with van der Waals surface area (Å²) in [6.45, 7) is -3.17. The predicted octanol–water partition coefficient (Wildman–Crippen LogP) is -20.9. The number of nitrogens with one attached hydrogen (secondary N) is 6. The maximum Gasteiger partial charge on any atom is 0.217 e. The smallest absolute Gasteiger partial charge is 0.217 e. The van der Waals surface area contributed by atoms with Gasteiger partial charge in [-0.15, -0.1) is 0 Å². The van der Waals surface area contributed by atoms with E-state index in [9.17, 15) is 156 Å². The van der Waals surface area contributed by atoms with Gasteiger partial charge in [-0.2, -0.15) is 0 Å². The number of hydrogen-bond acceptors (Lipinski definition) is 50. The monoisotopic (exact) mass is 1870 g/mol. The molecule has 0 aliphatic carbocycles. The van der Waals surface area contributed by atoms with Crippen LogP contribution in [0.5, 0.6) is 0 Å². The summed E-state index contributed by atoms with van der Waals surface area (Å²) in [5, 5.41) is 298. The van der Waals surface area contributed by atoms with Crippen LogP contribution >= 0.6 is 0 Å². The predicted molar refractivity (Wildman–Crippen MR) is 398 cm³/mol. The lowest BCUT2D eigenvalue weighted by Crippen LogP contribution is -2.71. The third-order valence-electron chi connectivity index (χ3n) is 23.2. The van der Waals surface area contributed by atoms with Crippen LogP contribution in [0.4, 0.5) is 0 Å². The minimum atomic E-state index is -2.70. The van der Waals surface area contributed by atoms with Gasteiger partial charge in [-0.1, -0.05) is 0 Å². The van der Waals surface area contributed by atoms with Crippen LogP contribution in [0, 0.1) is 0 Å². The maximum atomic E-state index is 13.4. The van der Waals surface area contributed by atoms with Crippen molar-refractivity contribution in [1.82, 2.24) is 31.9 Å². The SMILES string of the molecule is CC(=O)N[C@@H]1[C@@H](O)[C@H](O[C@@H]2O[C@H](CO)[C@@H](O[C@@H]3O[C@H](CO[C@H]4O[C@H](CO)[C@@H](O)[C@H](O)[C@@H]4O[C@@H]4O[C@H](CO)[C@@H](O)[C@H](O)[C@H]4NC(C)=O)[C@@H](O)[C@H](O[C@H]4O[C@H](CO)[C@@H](O[C@@H]5O[C@H](CO)[C@@H](O)[C@H](O)[C@H]5NC(C)=O)[C@H](O)[C@@H]4O[C@@H]4O[C@H](CO)[C@@H](O[C@@H]5O[C@H](CO)[C@H](O)[C@H](O)[C@H]5NC(C)=O)[C@H](O)[C@H]4NC(C)=O)[C@@H]3O)[C@H](O)[C@H]2NC(C)=O)[C@@H](CO[C@@H]2O[C@@H](C)[C@@H](O)[C@@H](O)[C@@H]2O)O[C@H]1O. The molecular formula is C72H120N6O50. The van der Waals surface area contributed by atoms with E-state index >= 15 is 0 Å². The molecule has 0 radical (unpaired) electrons. The van der Waals surface area contributed by atoms with Crippen molar-refractivity contribution in [3.8, 4) is 0 Å². The van der Waals surface area contributed by atoms with E-state index in [1.165, 1.54) is 6.92 Å². The van der Waals surface area contributed by atoms with Crippen LogP contribution in [0.2, 0.25) is 0 Å². The van der Waals surface area contributed by atoms with Crippen LogP contribution in [0.3, 0.4) is 0 Å². The quantitative estimate of drug-likeness (QED) is 0.0290. The molecule has 10 aliphatic rings. The molecule has 0 aromatic carbocycles. The van der Waals surface area contributed by atoms with Crippen molar-refractivity contribution < 1.29 is 246 Å². The van der Waals surface area contributed by atoms with Gasteiger partial charge in [-0.05, 0) is 6.92 Å². The number of hydrogen-bond donors (Lipinski definition) is 31. The Morgan fingerprint density at radius 2 is 0.492 bits per heavy atom. The molecule has 56 heteroatoms. The summed E-state index contributed by atoms with van der Waals surface area (Å²) in [6, 6.07) is -11.3. The first-order chi connectivity index (χ1) is 60.5. The van der Waals surface area contributed by atoms with Crippen LogP contribution in [-0.2, 0) is 119 Å². The molecule has 50 atom stereocenters. The number of carbonyl (C=O) groups is 6. The summed E-state index contributed by atoms with van der Waals surface area (Å²) in [5.41, 5.74) is 0. The average Bonchev–Trinajstić information content (AvgIpc) is 0.718. The number of aliphatic hydroxyl groups is 25. The molecule has 0 aromatic heterocycles. The standard InChI is InChI=1S/C72H120N6O50/c1-17-39(92)51(104)53(106)69(112-17)110-16-32-59(48(101)33(63(109)113-32)73-18(2)86)124-67-37(77-22(6)90)50(103)57(29(13-84)118-67)125-70-55(108)60(44(97)31(121-70)15-111-71-61(52(105)43(96)27(11-82)117-71)127-66-36(76-21(5)89)47(100)42(95)26(10-81)116-66)126-72-62(54(107)58(30(14-85)120-72)123-65-35(75-20(4)88)46(99)41(94)25(9-80)115-65)128-68-38(78-23(7)91)49(102)56(28(12-83)119-68)122-64-34(74-19(3)87)45(98)40(93)24(8-79)114-64/h17,24-72,79-85,92-109H,8-16H2,1-7H3,(H,73,86)(H,74,87)(H,75,88)(H,76,89)(H,77,90)(H,78,91)/t17-,24+,25+,26+,27+,28+,29+,30+,31+,32+,33+,34+,35+,36+,37+,38+,39+,40-,41+,42+,43+,44+,45+,46+,47+,48+,49+,50+,51+,52-,53-,54-,55-,56+,57+,58+,59+,60-,61-,62-,63+,64-,65-,66-,67-,68-,69+,70-,71-,72+/m0/s1. The highest BCUT2D eigenvalue weighted by molar-refractivity contribution is 5.75. The molecule has 0 bridgehead atoms. The maximum absolute atomic E-state index is 13.4. The minimum Gasteiger partial charge on any atom is -0.394 e. The van der Waals surface area contributed by atoms with Gasteiger partial charge < -0.3 is 250 Å². The van der Waals surface area contributed by atoms with Gasteiger partial charge in [-0.25, -0.2) is 0 Å². The summed E-state index contributed by atoms with van der Waals surface area (Å²) in [4.78, 5) is 77.1. The van der Waals surface area contributed by atoms with Gasteiger partial charge >= 0.3 is 0 Å². The van der Waals surface area contributed by atoms with Crippen LogP contribution < -0.4 is 31.9 Å². The first-order valence-electron chi connectivity index (χ1n) is 41.0. The molecule has 10 rings (SSSR count). The van der Waals surface area contributed by atoms with Crippen molar-refractivity contribution in [3.05, 3.63) is 0 Å². The highest BCUT2D eigenvalue weighted by Gasteiger charge is 2.62. The van der Waals surface area contributed by atoms with Crippen molar-refractivity contribution in [2.24, 2.45) is 0 Å². The van der Waals surface area contributed by atoms with E-state index in [2.05, 4.69) is 31.9 Å². The van der Waals surface area contributed by atoms with E-state index in [-0.39, 0.29) is 0 Å². The first-order valence-corrected chi connectivity index (χ1v) is 41.0. The van der Waals surface area contributed by atoms with Gasteiger partial charge in [0.05, 0.1) is 65.6 Å². The first kappa shape index (κ1) is 105. The fourth-order valence-electron chi connectivity index (χ4n) is 16.6. The number of ether oxygens (including phenoxy) is 19. The molecular weight excluding hydrogens is 1750 g/mol. The largest absolute Gasteiger partial charge is 0.394 e. The van der Waals surface area contributed by atoms with Crippen molar-refractivity contribution in [3.63, 3.8) is 0 Å². The molecule has 10 heterocycles. The molecule has 10 saturated heterocycles. The Bertz CT molecular complexity index is 3550. The molecule has 0 saturated carbocycles. The molecule has 128 heavy (non-hydrogen) atoms. The lowest BCUT2D eigenvalue weighted by atomic mass is 9.93. The van der Waals surface area contributed by atoms with Crippen molar-refractivity contribution in [1.29, 1.82) is 0 Å². The van der Waals surface area contributed by atoms with Crippen molar-refractivity contribution in [2.75, 3.05) is 59.5 Å². The summed E-state index contributed by atoms with van der Waals surface area (Å²) in [5.74, 6) is -5.53. The second-order valence-electron chi connectivity index (χ2n) is 32.5. The van der Waals surface area contributed by atoms with Crippen LogP contribution in [-0.4, -0.2) is 529 Å². The molecule has 738 valence electrons. The fourth-order valence-corrected chi connectivity index (χ4v) is 16.6. The molecule has 10 aliphatic heterocycles. The van der Waals surface area contributed by atoms with E-state index < -0.39 is 402 Å². The Hall–Kier alpha value is -4.94. The minimum absolute atomic E-state index is 0.850. The Labute approximate surface area is 726 Å². The molecule has 31 N–H and O–H groups in total. The third-order valence-corrected chi connectivity index (χ3v) is 23.2. The average molecular weight is 1870 g/mol. The second-order valence-corrected chi connectivity index (χ2v) is 32.5. The zero-order valence-corrected chi connectivity index (χ0v) is 69.6. The molecule has 0 spiro atoms. The highest BCUT2D eigenvalue weighted by Crippen LogP contribution is 2.41. The summed E-state index contributed by atoms with van der Waals surface area (Å²) < 4.78 is 115. The normalized spacial score (nSPS) is 47.8. The van der Waals surface area contributed by atoms with E-state index in [0.717, 1.165) is 41.5 Å². The van der Waals surface area contributed by atoms with Crippen molar-refractivity contribution in [2.45, 2.75) is 355 Å². The number of carbonyl (C=O) groups excluding carboxylic acids is 6. The zero-order chi connectivity index (χ0) is 94.4. The van der Waals surface area contributed by atoms with E-state index in [4.69, 9.17) is 90.0 Å². The Morgan fingerprint density at radius 3 is 0.875 bits per heavy atom. The van der Waals surface area contributed by atoms with Gasteiger partial charge in [0.2, 0.25) is 35.4 Å².